The first-order valence-corrected chi connectivity index (χ1v) is 9.35. The number of hydrogen-bond donors (Lipinski definition) is 1. The molecule has 0 amide bonds. The monoisotopic (exact) mass is 342 g/mol. The van der Waals surface area contributed by atoms with Crippen molar-refractivity contribution in [3.8, 4) is 11.8 Å². The second-order valence-corrected chi connectivity index (χ2v) is 7.54. The second kappa shape index (κ2) is 7.73. The van der Waals surface area contributed by atoms with E-state index in [1.165, 1.54) is 5.57 Å². The Kier molecular flexibility index (Phi) is 5.44. The van der Waals surface area contributed by atoms with Gasteiger partial charge in [-0.05, 0) is 51.2 Å². The molecule has 2 atom stereocenters. The number of hydrogen-bond acceptors (Lipinski definition) is 3. The summed E-state index contributed by atoms with van der Waals surface area (Å²) in [5, 5.41) is 0.677. The Morgan fingerprint density at radius 2 is 2.21 bits per heavy atom. The van der Waals surface area contributed by atoms with Gasteiger partial charge in [0.05, 0.1) is 12.2 Å². The van der Waals surface area contributed by atoms with E-state index < -0.39 is 11.0 Å². The van der Waals surface area contributed by atoms with Crippen molar-refractivity contribution in [3.05, 3.63) is 35.8 Å². The van der Waals surface area contributed by atoms with Crippen molar-refractivity contribution < 1.29 is 4.21 Å². The number of aryl methyl sites for hydroxylation is 1. The molecule has 126 valence electrons. The van der Waals surface area contributed by atoms with Gasteiger partial charge in [0, 0.05) is 13.1 Å². The molecule has 2 unspecified atom stereocenters. The third-order valence-corrected chi connectivity index (χ3v) is 5.47. The minimum absolute atomic E-state index is 0.330. The molecule has 1 fully saturated rings. The lowest BCUT2D eigenvalue weighted by Crippen LogP contribution is -2.32. The second-order valence-electron chi connectivity index (χ2n) is 6.08. The van der Waals surface area contributed by atoms with Gasteiger partial charge in [-0.2, -0.15) is 0 Å². The van der Waals surface area contributed by atoms with Crippen LogP contribution < -0.4 is 0 Å². The molecular weight excluding hydrogens is 320 g/mol. The summed E-state index contributed by atoms with van der Waals surface area (Å²) in [4.78, 5) is 11.7. The summed E-state index contributed by atoms with van der Waals surface area (Å²) in [7, 11) is -1.15. The lowest BCUT2D eigenvalue weighted by molar-refractivity contribution is 0.412. The zero-order valence-electron chi connectivity index (χ0n) is 14.1. The van der Waals surface area contributed by atoms with Crippen molar-refractivity contribution in [2.45, 2.75) is 44.2 Å². The Labute approximate surface area is 145 Å². The van der Waals surface area contributed by atoms with E-state index in [1.54, 1.807) is 6.20 Å². The molecule has 2 aliphatic heterocycles. The van der Waals surface area contributed by atoms with E-state index in [9.17, 15) is 4.21 Å². The highest BCUT2D eigenvalue weighted by molar-refractivity contribution is 7.82. The fourth-order valence-electron chi connectivity index (χ4n) is 2.71. The summed E-state index contributed by atoms with van der Waals surface area (Å²) < 4.78 is 14.4. The molecule has 2 aliphatic rings. The van der Waals surface area contributed by atoms with E-state index in [2.05, 4.69) is 39.8 Å². The number of aromatic nitrogens is 2. The number of nitrogens with zero attached hydrogens (tertiary/aromatic N) is 3. The molecule has 1 saturated heterocycles. The smallest absolute Gasteiger partial charge is 0.146 e. The molecule has 0 spiro atoms. The highest BCUT2D eigenvalue weighted by Crippen LogP contribution is 2.19. The minimum atomic E-state index is -1.15. The van der Waals surface area contributed by atoms with Gasteiger partial charge in [0.15, 0.2) is 0 Å². The van der Waals surface area contributed by atoms with Gasteiger partial charge in [-0.25, -0.2) is 13.5 Å². The Balaban J connectivity index is 1.55. The van der Waals surface area contributed by atoms with E-state index in [1.807, 2.05) is 23.4 Å². The molecular formula is C18H22N4OS. The fraction of sp³-hybridized carbons (Fsp3) is 0.444. The van der Waals surface area contributed by atoms with Gasteiger partial charge >= 0.3 is 0 Å². The molecule has 3 rings (SSSR count). The van der Waals surface area contributed by atoms with E-state index in [0.717, 1.165) is 43.9 Å². The maximum absolute atomic E-state index is 12.5. The highest BCUT2D eigenvalue weighted by atomic mass is 32.2. The van der Waals surface area contributed by atoms with Crippen molar-refractivity contribution in [1.82, 2.24) is 14.3 Å². The third-order valence-electron chi connectivity index (χ3n) is 4.06. The molecule has 0 aliphatic carbocycles. The lowest BCUT2D eigenvalue weighted by atomic mass is 10.1. The standard InChI is InChI=1S/C18H22N4OS/c1-14-5-3-7-17(20-14)8-4-6-16-9-11-22(12-10-16)24(23)18-13-19-15(2)21-18/h3,6-7,13-14H,5,9-12H2,1-2H3,(H,19,21). The molecule has 1 aromatic heterocycles. The van der Waals surface area contributed by atoms with Crippen molar-refractivity contribution in [2.75, 3.05) is 13.1 Å². The summed E-state index contributed by atoms with van der Waals surface area (Å²) in [5.41, 5.74) is 2.17. The summed E-state index contributed by atoms with van der Waals surface area (Å²) in [6.07, 6.45) is 10.6. The number of aromatic amines is 1. The normalized spacial score (nSPS) is 22.5. The molecule has 0 aromatic carbocycles. The van der Waals surface area contributed by atoms with Crippen LogP contribution in [0.4, 0.5) is 0 Å². The van der Waals surface area contributed by atoms with Crippen LogP contribution >= 0.6 is 0 Å². The van der Waals surface area contributed by atoms with Crippen molar-refractivity contribution in [1.29, 1.82) is 0 Å². The van der Waals surface area contributed by atoms with Crippen LogP contribution in [0.15, 0.2) is 40.0 Å². The number of aliphatic imine (C=N–C) groups is 1. The van der Waals surface area contributed by atoms with Crippen LogP contribution in [0.2, 0.25) is 0 Å². The van der Waals surface area contributed by atoms with E-state index in [4.69, 9.17) is 0 Å². The fourth-order valence-corrected chi connectivity index (χ4v) is 3.88. The molecule has 0 saturated carbocycles. The van der Waals surface area contributed by atoms with Crippen molar-refractivity contribution >= 4 is 16.7 Å². The number of nitrogens with one attached hydrogen (secondary N) is 1. The minimum Gasteiger partial charge on any atom is -0.334 e. The van der Waals surface area contributed by atoms with E-state index in [0.29, 0.717) is 11.1 Å². The number of rotatable bonds is 2. The average molecular weight is 342 g/mol. The zero-order chi connectivity index (χ0) is 16.9. The van der Waals surface area contributed by atoms with Crippen LogP contribution in [-0.2, 0) is 11.0 Å². The SMILES string of the molecule is Cc1ncc(S(=O)N2CCC(=CC#CC3=NC(C)CC=C3)CC2)[nH]1. The van der Waals surface area contributed by atoms with Gasteiger partial charge in [0.25, 0.3) is 0 Å². The number of dihydropyridines is 1. The van der Waals surface area contributed by atoms with Crippen LogP contribution in [0.1, 0.15) is 32.0 Å². The van der Waals surface area contributed by atoms with Crippen LogP contribution in [0.5, 0.6) is 0 Å². The quantitative estimate of drug-likeness (QED) is 0.840. The van der Waals surface area contributed by atoms with Crippen LogP contribution in [0, 0.1) is 18.8 Å². The van der Waals surface area contributed by atoms with E-state index in [-0.39, 0.29) is 0 Å². The lowest BCUT2D eigenvalue weighted by Gasteiger charge is -2.26. The molecule has 0 bridgehead atoms. The Morgan fingerprint density at radius 3 is 2.88 bits per heavy atom. The molecule has 3 heterocycles. The van der Waals surface area contributed by atoms with E-state index >= 15 is 0 Å². The maximum atomic E-state index is 12.5. The first-order chi connectivity index (χ1) is 11.6. The molecule has 0 radical (unpaired) electrons. The highest BCUT2D eigenvalue weighted by Gasteiger charge is 2.21. The van der Waals surface area contributed by atoms with Gasteiger partial charge in [0.1, 0.15) is 27.5 Å². The largest absolute Gasteiger partial charge is 0.334 e. The maximum Gasteiger partial charge on any atom is 0.146 e. The summed E-state index contributed by atoms with van der Waals surface area (Å²) in [6, 6.07) is 0.330. The zero-order valence-corrected chi connectivity index (χ0v) is 14.9. The molecule has 24 heavy (non-hydrogen) atoms. The average Bonchev–Trinajstić information content (AvgIpc) is 3.01. The van der Waals surface area contributed by atoms with Crippen LogP contribution in [0.3, 0.4) is 0 Å². The molecule has 5 nitrogen and oxygen atoms in total. The van der Waals surface area contributed by atoms with Gasteiger partial charge < -0.3 is 4.98 Å². The topological polar surface area (TPSA) is 61.4 Å². The number of H-pyrrole nitrogens is 1. The van der Waals surface area contributed by atoms with Gasteiger partial charge in [-0.1, -0.05) is 17.6 Å². The Hall–Kier alpha value is -1.97. The summed E-state index contributed by atoms with van der Waals surface area (Å²) >= 11 is 0. The molecule has 6 heteroatoms. The Morgan fingerprint density at radius 1 is 1.42 bits per heavy atom. The van der Waals surface area contributed by atoms with Crippen LogP contribution in [-0.4, -0.2) is 43.3 Å². The van der Waals surface area contributed by atoms with Crippen LogP contribution in [0.25, 0.3) is 0 Å². The predicted molar refractivity (Wildman–Crippen MR) is 97.1 cm³/mol. The summed E-state index contributed by atoms with van der Waals surface area (Å²) in [6.45, 7) is 5.51. The van der Waals surface area contributed by atoms with Gasteiger partial charge in [-0.3, -0.25) is 4.99 Å². The third kappa shape index (κ3) is 4.31. The van der Waals surface area contributed by atoms with Crippen molar-refractivity contribution in [3.63, 3.8) is 0 Å². The Bertz CT molecular complexity index is 768. The number of piperidine rings is 1. The summed E-state index contributed by atoms with van der Waals surface area (Å²) in [5.74, 6) is 7.02. The first-order valence-electron chi connectivity index (χ1n) is 8.24. The van der Waals surface area contributed by atoms with Crippen molar-refractivity contribution in [2.24, 2.45) is 4.99 Å². The molecule has 1 N–H and O–H groups in total. The first kappa shape index (κ1) is 16.9. The molecule has 1 aromatic rings. The predicted octanol–water partition coefficient (Wildman–Crippen LogP) is 2.56. The van der Waals surface area contributed by atoms with Gasteiger partial charge in [0.2, 0.25) is 0 Å². The number of imidazole rings is 1. The number of allylic oxidation sites excluding steroid dienone is 2. The van der Waals surface area contributed by atoms with Gasteiger partial charge in [-0.15, -0.1) is 0 Å².